The molecule has 0 aromatic carbocycles. The summed E-state index contributed by atoms with van der Waals surface area (Å²) in [4.78, 5) is 18.1. The highest BCUT2D eigenvalue weighted by atomic mass is 16.1. The zero-order valence-electron chi connectivity index (χ0n) is 13.2. The fourth-order valence-corrected chi connectivity index (χ4v) is 3.26. The smallest absolute Gasteiger partial charge is 0.264 e. The van der Waals surface area contributed by atoms with E-state index in [2.05, 4.69) is 39.3 Å². The lowest BCUT2D eigenvalue weighted by atomic mass is 9.91. The molecule has 3 heterocycles. The van der Waals surface area contributed by atoms with Crippen molar-refractivity contribution in [3.05, 3.63) is 40.0 Å². The van der Waals surface area contributed by atoms with E-state index in [0.29, 0.717) is 5.92 Å². The minimum Gasteiger partial charge on any atom is -0.353 e. The number of nitrogens with one attached hydrogen (secondary N) is 2. The maximum atomic E-state index is 11.0. The van der Waals surface area contributed by atoms with Crippen LogP contribution in [0.4, 0.5) is 0 Å². The number of H-pyrrole nitrogens is 1. The van der Waals surface area contributed by atoms with Crippen molar-refractivity contribution in [1.29, 1.82) is 0 Å². The monoisotopic (exact) mass is 301 g/mol. The van der Waals surface area contributed by atoms with Crippen LogP contribution in [0.15, 0.2) is 33.7 Å². The molecule has 118 valence electrons. The summed E-state index contributed by atoms with van der Waals surface area (Å²) >= 11 is 0. The highest BCUT2D eigenvalue weighted by Crippen LogP contribution is 2.27. The summed E-state index contributed by atoms with van der Waals surface area (Å²) in [6.07, 6.45) is 7.06. The van der Waals surface area contributed by atoms with Gasteiger partial charge in [-0.25, -0.2) is 5.10 Å². The molecule has 1 aromatic rings. The summed E-state index contributed by atoms with van der Waals surface area (Å²) in [6, 6.07) is 3.38. The highest BCUT2D eigenvalue weighted by Gasteiger charge is 2.34. The lowest BCUT2D eigenvalue weighted by Crippen LogP contribution is -2.58. The van der Waals surface area contributed by atoms with Gasteiger partial charge < -0.3 is 5.32 Å². The van der Waals surface area contributed by atoms with E-state index >= 15 is 0 Å². The molecule has 1 aromatic heterocycles. The third-order valence-corrected chi connectivity index (χ3v) is 4.55. The van der Waals surface area contributed by atoms with E-state index in [-0.39, 0.29) is 11.3 Å². The molecule has 22 heavy (non-hydrogen) atoms. The minimum absolute atomic E-state index is 0.142. The number of likely N-dealkylation sites (tertiary alicyclic amines) is 1. The van der Waals surface area contributed by atoms with Crippen LogP contribution in [0.25, 0.3) is 0 Å². The van der Waals surface area contributed by atoms with Gasteiger partial charge in [0.1, 0.15) is 0 Å². The van der Waals surface area contributed by atoms with Crippen molar-refractivity contribution in [2.75, 3.05) is 13.1 Å². The Morgan fingerprint density at radius 2 is 2.14 bits per heavy atom. The number of allylic oxidation sites excluding steroid dienone is 2. The first-order valence-corrected chi connectivity index (χ1v) is 7.85. The van der Waals surface area contributed by atoms with Crippen LogP contribution in [0.5, 0.6) is 0 Å². The lowest BCUT2D eigenvalue weighted by molar-refractivity contribution is 0.0494. The van der Waals surface area contributed by atoms with Gasteiger partial charge in [0.15, 0.2) is 5.79 Å². The first-order chi connectivity index (χ1) is 10.5. The number of piperidine rings is 1. The summed E-state index contributed by atoms with van der Waals surface area (Å²) in [7, 11) is 0. The lowest BCUT2D eigenvalue weighted by Gasteiger charge is -2.44. The van der Waals surface area contributed by atoms with Crippen molar-refractivity contribution in [2.24, 2.45) is 10.9 Å². The van der Waals surface area contributed by atoms with Crippen LogP contribution >= 0.6 is 0 Å². The van der Waals surface area contributed by atoms with Crippen molar-refractivity contribution in [3.8, 4) is 0 Å². The van der Waals surface area contributed by atoms with Gasteiger partial charge in [-0.1, -0.05) is 0 Å². The van der Waals surface area contributed by atoms with Crippen LogP contribution in [0.1, 0.15) is 32.4 Å². The van der Waals surface area contributed by atoms with E-state index in [1.165, 1.54) is 0 Å². The van der Waals surface area contributed by atoms with Gasteiger partial charge in [0.05, 0.1) is 5.69 Å². The Morgan fingerprint density at radius 1 is 1.36 bits per heavy atom. The number of hydrogen-bond donors (Lipinski definition) is 2. The number of aromatic nitrogens is 2. The van der Waals surface area contributed by atoms with Crippen LogP contribution < -0.4 is 10.9 Å². The Labute approximate surface area is 130 Å². The van der Waals surface area contributed by atoms with Crippen LogP contribution in [-0.4, -0.2) is 40.2 Å². The molecule has 6 nitrogen and oxygen atoms in total. The van der Waals surface area contributed by atoms with Gasteiger partial charge in [0.25, 0.3) is 5.56 Å². The Bertz CT molecular complexity index is 622. The Kier molecular flexibility index (Phi) is 4.11. The van der Waals surface area contributed by atoms with E-state index < -0.39 is 0 Å². The molecule has 0 amide bonds. The van der Waals surface area contributed by atoms with Gasteiger partial charge in [-0.2, -0.15) is 5.10 Å². The zero-order chi connectivity index (χ0) is 15.6. The maximum Gasteiger partial charge on any atom is 0.264 e. The van der Waals surface area contributed by atoms with E-state index in [0.717, 1.165) is 43.7 Å². The van der Waals surface area contributed by atoms with Gasteiger partial charge >= 0.3 is 0 Å². The second-order valence-corrected chi connectivity index (χ2v) is 6.32. The molecule has 1 unspecified atom stereocenters. The fraction of sp³-hybridized carbons (Fsp3) is 0.562. The molecule has 1 fully saturated rings. The highest BCUT2D eigenvalue weighted by molar-refractivity contribution is 5.73. The van der Waals surface area contributed by atoms with Crippen LogP contribution in [-0.2, 0) is 6.42 Å². The Hall–Kier alpha value is -1.95. The SMILES string of the molecule is CC1=CC=NC(C)(N2CCC(Cc3ccc(=O)[nH]n3)CC2)N1. The summed E-state index contributed by atoms with van der Waals surface area (Å²) < 4.78 is 0. The van der Waals surface area contributed by atoms with Gasteiger partial charge in [0.2, 0.25) is 0 Å². The van der Waals surface area contributed by atoms with Gasteiger partial charge in [0, 0.05) is 31.1 Å². The number of hydrogen-bond acceptors (Lipinski definition) is 5. The molecule has 2 aliphatic rings. The molecule has 2 aliphatic heterocycles. The third-order valence-electron chi connectivity index (χ3n) is 4.55. The topological polar surface area (TPSA) is 73.4 Å². The van der Waals surface area contributed by atoms with Crippen LogP contribution in [0.2, 0.25) is 0 Å². The van der Waals surface area contributed by atoms with Gasteiger partial charge in [-0.15, -0.1) is 0 Å². The summed E-state index contributed by atoms with van der Waals surface area (Å²) in [5.41, 5.74) is 1.98. The fourth-order valence-electron chi connectivity index (χ4n) is 3.26. The normalized spacial score (nSPS) is 26.5. The van der Waals surface area contributed by atoms with Gasteiger partial charge in [-0.05, 0) is 51.2 Å². The molecule has 0 spiro atoms. The second kappa shape index (κ2) is 6.04. The summed E-state index contributed by atoms with van der Waals surface area (Å²) in [5, 5.41) is 10.1. The summed E-state index contributed by atoms with van der Waals surface area (Å²) in [5.74, 6) is 0.294. The van der Waals surface area contributed by atoms with Crippen molar-refractivity contribution >= 4 is 6.21 Å². The largest absolute Gasteiger partial charge is 0.353 e. The molecule has 1 atom stereocenters. The average molecular weight is 301 g/mol. The first kappa shape index (κ1) is 15.0. The van der Waals surface area contributed by atoms with Gasteiger partial charge in [-0.3, -0.25) is 14.7 Å². The van der Waals surface area contributed by atoms with E-state index in [4.69, 9.17) is 0 Å². The zero-order valence-corrected chi connectivity index (χ0v) is 13.2. The molecular weight excluding hydrogens is 278 g/mol. The minimum atomic E-state index is -0.319. The summed E-state index contributed by atoms with van der Waals surface area (Å²) in [6.45, 7) is 6.23. The molecule has 0 bridgehead atoms. The third kappa shape index (κ3) is 3.27. The molecule has 6 heteroatoms. The Balaban J connectivity index is 1.56. The van der Waals surface area contributed by atoms with Crippen molar-refractivity contribution in [3.63, 3.8) is 0 Å². The molecule has 3 rings (SSSR count). The van der Waals surface area contributed by atoms with Crippen LogP contribution in [0, 0.1) is 5.92 Å². The number of aliphatic imine (C=N–C) groups is 1. The molecule has 0 radical (unpaired) electrons. The first-order valence-electron chi connectivity index (χ1n) is 7.85. The molecule has 0 aliphatic carbocycles. The second-order valence-electron chi connectivity index (χ2n) is 6.32. The average Bonchev–Trinajstić information content (AvgIpc) is 2.50. The van der Waals surface area contributed by atoms with E-state index in [9.17, 15) is 4.79 Å². The number of rotatable bonds is 3. The predicted octanol–water partition coefficient (Wildman–Crippen LogP) is 1.28. The molecular formula is C16H23N5O. The van der Waals surface area contributed by atoms with Crippen molar-refractivity contribution in [1.82, 2.24) is 20.4 Å². The van der Waals surface area contributed by atoms with Crippen LogP contribution in [0.3, 0.4) is 0 Å². The number of aromatic amines is 1. The van der Waals surface area contributed by atoms with E-state index in [1.54, 1.807) is 6.07 Å². The number of nitrogens with zero attached hydrogens (tertiary/aromatic N) is 3. The standard InChI is InChI=1S/C16H23N5O/c1-12-5-8-17-16(2,18-12)21-9-6-13(7-10-21)11-14-3-4-15(22)20-19-14/h3-5,8,13,18H,6-7,9-11H2,1-2H3,(H,20,22). The molecule has 1 saturated heterocycles. The predicted molar refractivity (Wildman–Crippen MR) is 86.6 cm³/mol. The Morgan fingerprint density at radius 3 is 2.77 bits per heavy atom. The molecule has 2 N–H and O–H groups in total. The quantitative estimate of drug-likeness (QED) is 0.882. The molecule has 0 saturated carbocycles. The van der Waals surface area contributed by atoms with Crippen molar-refractivity contribution < 1.29 is 0 Å². The maximum absolute atomic E-state index is 11.0. The van der Waals surface area contributed by atoms with Crippen molar-refractivity contribution in [2.45, 2.75) is 38.9 Å². The van der Waals surface area contributed by atoms with E-state index in [1.807, 2.05) is 18.4 Å².